The van der Waals surface area contributed by atoms with Gasteiger partial charge in [0.25, 0.3) is 0 Å². The molecule has 0 amide bonds. The first-order valence-electron chi connectivity index (χ1n) is 6.21. The van der Waals surface area contributed by atoms with Crippen LogP contribution in [0.3, 0.4) is 0 Å². The Balaban J connectivity index is 2.33. The second kappa shape index (κ2) is 6.09. The van der Waals surface area contributed by atoms with Gasteiger partial charge >= 0.3 is 0 Å². The average Bonchev–Trinajstić information content (AvgIpc) is 3.04. The van der Waals surface area contributed by atoms with Gasteiger partial charge in [0.15, 0.2) is 0 Å². The molecule has 5 nitrogen and oxygen atoms in total. The van der Waals surface area contributed by atoms with E-state index in [1.807, 2.05) is 17.5 Å². The van der Waals surface area contributed by atoms with Crippen LogP contribution >= 0.6 is 11.3 Å². The predicted molar refractivity (Wildman–Crippen MR) is 77.0 cm³/mol. The first kappa shape index (κ1) is 15.2. The van der Waals surface area contributed by atoms with Gasteiger partial charge in [-0.1, -0.05) is 13.0 Å². The Morgan fingerprint density at radius 3 is 2.70 bits per heavy atom. The number of aryl methyl sites for hydroxylation is 1. The Kier molecular flexibility index (Phi) is 4.64. The van der Waals surface area contributed by atoms with E-state index >= 15 is 0 Å². The summed E-state index contributed by atoms with van der Waals surface area (Å²) in [6, 6.07) is 5.19. The van der Waals surface area contributed by atoms with E-state index in [2.05, 4.69) is 0 Å². The maximum atomic E-state index is 12.6. The molecule has 0 aliphatic rings. The molecule has 0 unspecified atom stereocenters. The molecular formula is C13H17NO4S2. The Bertz CT molecular complexity index is 659. The van der Waals surface area contributed by atoms with Crippen LogP contribution in [0.5, 0.6) is 0 Å². The van der Waals surface area contributed by atoms with Crippen LogP contribution in [0.1, 0.15) is 23.3 Å². The molecule has 2 heterocycles. The Morgan fingerprint density at radius 2 is 2.20 bits per heavy atom. The molecule has 0 aliphatic heterocycles. The molecule has 2 rings (SSSR count). The topological polar surface area (TPSA) is 70.8 Å². The maximum Gasteiger partial charge on any atom is 0.246 e. The zero-order valence-corrected chi connectivity index (χ0v) is 13.0. The van der Waals surface area contributed by atoms with Crippen LogP contribution in [-0.2, 0) is 23.2 Å². The largest absolute Gasteiger partial charge is 0.462 e. The molecule has 0 atom stereocenters. The summed E-state index contributed by atoms with van der Waals surface area (Å²) in [6.07, 6.45) is 0. The van der Waals surface area contributed by atoms with Gasteiger partial charge in [-0.25, -0.2) is 8.42 Å². The van der Waals surface area contributed by atoms with Crippen molar-refractivity contribution in [2.45, 2.75) is 31.9 Å². The molecule has 0 saturated heterocycles. The lowest BCUT2D eigenvalue weighted by Gasteiger charge is -2.19. The molecule has 110 valence electrons. The minimum Gasteiger partial charge on any atom is -0.462 e. The summed E-state index contributed by atoms with van der Waals surface area (Å²) in [5, 5.41) is 11.0. The molecule has 1 N–H and O–H groups in total. The zero-order chi connectivity index (χ0) is 14.8. The molecule has 0 aliphatic carbocycles. The number of rotatable bonds is 6. The lowest BCUT2D eigenvalue weighted by Crippen LogP contribution is -2.30. The summed E-state index contributed by atoms with van der Waals surface area (Å²) >= 11 is 1.52. The van der Waals surface area contributed by atoms with E-state index in [1.165, 1.54) is 21.7 Å². The van der Waals surface area contributed by atoms with Crippen LogP contribution in [-0.4, -0.2) is 24.4 Å². The van der Waals surface area contributed by atoms with Crippen LogP contribution < -0.4 is 0 Å². The van der Waals surface area contributed by atoms with Gasteiger partial charge < -0.3 is 9.52 Å². The zero-order valence-electron chi connectivity index (χ0n) is 11.4. The summed E-state index contributed by atoms with van der Waals surface area (Å²) in [5.41, 5.74) is 0. The van der Waals surface area contributed by atoms with Crippen molar-refractivity contribution in [1.82, 2.24) is 4.31 Å². The summed E-state index contributed by atoms with van der Waals surface area (Å²) in [6.45, 7) is 3.79. The molecular weight excluding hydrogens is 298 g/mol. The van der Waals surface area contributed by atoms with E-state index in [0.717, 1.165) is 4.88 Å². The number of furan rings is 1. The highest BCUT2D eigenvalue weighted by Gasteiger charge is 2.28. The smallest absolute Gasteiger partial charge is 0.246 e. The predicted octanol–water partition coefficient (Wildman–Crippen LogP) is 2.35. The van der Waals surface area contributed by atoms with E-state index in [-0.39, 0.29) is 17.3 Å². The second-order valence-corrected chi connectivity index (χ2v) is 7.24. The van der Waals surface area contributed by atoms with E-state index in [0.29, 0.717) is 18.8 Å². The quantitative estimate of drug-likeness (QED) is 0.888. The maximum absolute atomic E-state index is 12.6. The number of nitrogens with zero attached hydrogens (tertiary/aromatic N) is 1. The fourth-order valence-electron chi connectivity index (χ4n) is 1.94. The molecule has 2 aromatic heterocycles. The highest BCUT2D eigenvalue weighted by atomic mass is 32.2. The highest BCUT2D eigenvalue weighted by Crippen LogP contribution is 2.25. The molecule has 0 saturated carbocycles. The van der Waals surface area contributed by atoms with E-state index < -0.39 is 10.0 Å². The van der Waals surface area contributed by atoms with Gasteiger partial charge in [-0.3, -0.25) is 0 Å². The van der Waals surface area contributed by atoms with Crippen molar-refractivity contribution in [1.29, 1.82) is 0 Å². The number of hydrogen-bond acceptors (Lipinski definition) is 5. The molecule has 20 heavy (non-hydrogen) atoms. The van der Waals surface area contributed by atoms with Gasteiger partial charge in [0.2, 0.25) is 10.0 Å². The second-order valence-electron chi connectivity index (χ2n) is 4.30. The Labute approximate surface area is 122 Å². The van der Waals surface area contributed by atoms with Crippen LogP contribution in [0.15, 0.2) is 32.9 Å². The molecule has 0 spiro atoms. The van der Waals surface area contributed by atoms with Crippen molar-refractivity contribution in [2.75, 3.05) is 6.54 Å². The minimum absolute atomic E-state index is 0.125. The molecule has 0 bridgehead atoms. The molecule has 7 heteroatoms. The van der Waals surface area contributed by atoms with Crippen LogP contribution in [0.2, 0.25) is 0 Å². The first-order chi connectivity index (χ1) is 9.48. The highest BCUT2D eigenvalue weighted by molar-refractivity contribution is 7.89. The monoisotopic (exact) mass is 315 g/mol. The summed E-state index contributed by atoms with van der Waals surface area (Å²) in [4.78, 5) is 1.11. The van der Waals surface area contributed by atoms with Crippen molar-refractivity contribution in [2.24, 2.45) is 0 Å². The van der Waals surface area contributed by atoms with Gasteiger partial charge in [0.05, 0.1) is 0 Å². The third-order valence-corrected chi connectivity index (χ3v) is 5.85. The summed E-state index contributed by atoms with van der Waals surface area (Å²) in [7, 11) is -3.61. The van der Waals surface area contributed by atoms with E-state index in [4.69, 9.17) is 9.52 Å². The molecule has 2 aromatic rings. The van der Waals surface area contributed by atoms with Gasteiger partial charge in [0, 0.05) is 24.0 Å². The third kappa shape index (κ3) is 2.95. The SMILES string of the molecule is CCN(Cc1cccs1)S(=O)(=O)c1cc(CO)oc1C. The number of aliphatic hydroxyl groups excluding tert-OH is 1. The normalized spacial score (nSPS) is 12.2. The standard InChI is InChI=1S/C13H17NO4S2/c1-3-14(8-12-5-4-6-19-12)20(16,17)13-7-11(9-15)18-10(13)2/h4-7,15H,3,8-9H2,1-2H3. The van der Waals surface area contributed by atoms with Gasteiger partial charge in [-0.05, 0) is 18.4 Å². The molecule has 0 fully saturated rings. The lowest BCUT2D eigenvalue weighted by atomic mass is 10.4. The summed E-state index contributed by atoms with van der Waals surface area (Å²) in [5.74, 6) is 0.562. The van der Waals surface area contributed by atoms with Crippen molar-refractivity contribution in [3.05, 3.63) is 40.0 Å². The molecule has 0 radical (unpaired) electrons. The Hall–Kier alpha value is -1.15. The van der Waals surface area contributed by atoms with Crippen molar-refractivity contribution in [3.8, 4) is 0 Å². The average molecular weight is 315 g/mol. The number of hydrogen-bond donors (Lipinski definition) is 1. The fraction of sp³-hybridized carbons (Fsp3) is 0.385. The number of thiophene rings is 1. The van der Waals surface area contributed by atoms with Gasteiger partial charge in [-0.15, -0.1) is 11.3 Å². The van der Waals surface area contributed by atoms with Crippen LogP contribution in [0.25, 0.3) is 0 Å². The van der Waals surface area contributed by atoms with Crippen molar-refractivity contribution in [3.63, 3.8) is 0 Å². The van der Waals surface area contributed by atoms with Crippen molar-refractivity contribution >= 4 is 21.4 Å². The van der Waals surface area contributed by atoms with Crippen LogP contribution in [0.4, 0.5) is 0 Å². The van der Waals surface area contributed by atoms with E-state index in [9.17, 15) is 8.42 Å². The van der Waals surface area contributed by atoms with E-state index in [1.54, 1.807) is 13.8 Å². The lowest BCUT2D eigenvalue weighted by molar-refractivity contribution is 0.244. The first-order valence-corrected chi connectivity index (χ1v) is 8.53. The Morgan fingerprint density at radius 1 is 1.45 bits per heavy atom. The van der Waals surface area contributed by atoms with Gasteiger partial charge in [-0.2, -0.15) is 4.31 Å². The number of sulfonamides is 1. The van der Waals surface area contributed by atoms with Gasteiger partial charge in [0.1, 0.15) is 23.0 Å². The molecule has 0 aromatic carbocycles. The third-order valence-electron chi connectivity index (χ3n) is 2.96. The van der Waals surface area contributed by atoms with Crippen LogP contribution in [0, 0.1) is 6.92 Å². The van der Waals surface area contributed by atoms with Crippen molar-refractivity contribution < 1.29 is 17.9 Å². The fourth-order valence-corrected chi connectivity index (χ4v) is 4.35. The minimum atomic E-state index is -3.61. The summed E-state index contributed by atoms with van der Waals surface area (Å²) < 4.78 is 31.9. The number of aliphatic hydroxyl groups is 1.